The standard InChI is InChI=1S/C9H9F2N3O3S/c10-9(11,6-15)5-14-18(16,17)8-2-1-3-13-7(8)4-12/h1-3,14-15H,5-6H2. The van der Waals surface area contributed by atoms with Crippen LogP contribution < -0.4 is 4.72 Å². The Balaban J connectivity index is 2.98. The lowest BCUT2D eigenvalue weighted by Crippen LogP contribution is -2.39. The van der Waals surface area contributed by atoms with E-state index in [0.717, 1.165) is 6.07 Å². The third kappa shape index (κ3) is 3.43. The second-order valence-corrected chi connectivity index (χ2v) is 5.04. The molecule has 0 saturated heterocycles. The largest absolute Gasteiger partial charge is 0.390 e. The number of sulfonamides is 1. The van der Waals surface area contributed by atoms with E-state index in [1.807, 2.05) is 0 Å². The van der Waals surface area contributed by atoms with E-state index in [0.29, 0.717) is 0 Å². The maximum Gasteiger partial charge on any atom is 0.283 e. The van der Waals surface area contributed by atoms with Crippen molar-refractivity contribution < 1.29 is 22.3 Å². The zero-order chi connectivity index (χ0) is 13.8. The third-order valence-electron chi connectivity index (χ3n) is 1.92. The number of aliphatic hydroxyl groups is 1. The predicted octanol–water partition coefficient (Wildman–Crippen LogP) is -0.141. The molecule has 0 unspecified atom stereocenters. The molecule has 0 saturated carbocycles. The molecule has 0 fully saturated rings. The van der Waals surface area contributed by atoms with Crippen molar-refractivity contribution in [3.63, 3.8) is 0 Å². The number of alkyl halides is 2. The molecular formula is C9H9F2N3O3S. The van der Waals surface area contributed by atoms with Crippen molar-refractivity contribution >= 4 is 10.0 Å². The van der Waals surface area contributed by atoms with Crippen LogP contribution in [0.2, 0.25) is 0 Å². The molecule has 18 heavy (non-hydrogen) atoms. The van der Waals surface area contributed by atoms with Crippen molar-refractivity contribution in [2.45, 2.75) is 10.8 Å². The number of nitriles is 1. The minimum Gasteiger partial charge on any atom is -0.390 e. The topological polar surface area (TPSA) is 103 Å². The maximum atomic E-state index is 12.7. The summed E-state index contributed by atoms with van der Waals surface area (Å²) in [5.74, 6) is -3.57. The molecule has 0 aromatic carbocycles. The van der Waals surface area contributed by atoms with Crippen molar-refractivity contribution in [3.8, 4) is 6.07 Å². The first-order valence-electron chi connectivity index (χ1n) is 4.66. The van der Waals surface area contributed by atoms with Crippen LogP contribution in [0.15, 0.2) is 23.2 Å². The Hall–Kier alpha value is -1.63. The summed E-state index contributed by atoms with van der Waals surface area (Å²) in [5.41, 5.74) is -0.391. The number of hydrogen-bond acceptors (Lipinski definition) is 5. The van der Waals surface area contributed by atoms with Gasteiger partial charge in [0.05, 0.1) is 6.54 Å². The summed E-state index contributed by atoms with van der Waals surface area (Å²) in [4.78, 5) is 3.03. The Bertz CT molecular complexity index is 569. The van der Waals surface area contributed by atoms with Gasteiger partial charge in [-0.15, -0.1) is 0 Å². The molecule has 0 aliphatic rings. The van der Waals surface area contributed by atoms with Gasteiger partial charge in [-0.1, -0.05) is 0 Å². The highest BCUT2D eigenvalue weighted by atomic mass is 32.2. The first-order valence-corrected chi connectivity index (χ1v) is 6.14. The van der Waals surface area contributed by atoms with Crippen LogP contribution in [0.25, 0.3) is 0 Å². The molecule has 0 aliphatic heterocycles. The summed E-state index contributed by atoms with van der Waals surface area (Å²) in [5, 5.41) is 17.0. The van der Waals surface area contributed by atoms with E-state index >= 15 is 0 Å². The molecule has 0 aliphatic carbocycles. The van der Waals surface area contributed by atoms with Gasteiger partial charge in [0.15, 0.2) is 5.69 Å². The molecule has 1 rings (SSSR count). The average molecular weight is 277 g/mol. The highest BCUT2D eigenvalue weighted by Crippen LogP contribution is 2.15. The number of nitrogens with zero attached hydrogens (tertiary/aromatic N) is 2. The molecule has 2 N–H and O–H groups in total. The van der Waals surface area contributed by atoms with Gasteiger partial charge in [-0.3, -0.25) is 0 Å². The summed E-state index contributed by atoms with van der Waals surface area (Å²) in [6.07, 6.45) is 1.21. The Labute approximate surface area is 102 Å². The van der Waals surface area contributed by atoms with E-state index in [9.17, 15) is 17.2 Å². The highest BCUT2D eigenvalue weighted by Gasteiger charge is 2.31. The molecule has 6 nitrogen and oxygen atoms in total. The Morgan fingerprint density at radius 3 is 2.78 bits per heavy atom. The van der Waals surface area contributed by atoms with Gasteiger partial charge in [-0.25, -0.2) is 26.9 Å². The zero-order valence-corrected chi connectivity index (χ0v) is 9.79. The molecule has 1 aromatic rings. The molecule has 1 aromatic heterocycles. The van der Waals surface area contributed by atoms with Gasteiger partial charge in [0.2, 0.25) is 10.0 Å². The van der Waals surface area contributed by atoms with Crippen LogP contribution in [0, 0.1) is 11.3 Å². The van der Waals surface area contributed by atoms with Gasteiger partial charge in [0.25, 0.3) is 5.92 Å². The quantitative estimate of drug-likeness (QED) is 0.779. The van der Waals surface area contributed by atoms with Crippen LogP contribution in [-0.2, 0) is 10.0 Å². The van der Waals surface area contributed by atoms with Crippen LogP contribution in [0.3, 0.4) is 0 Å². The van der Waals surface area contributed by atoms with E-state index in [2.05, 4.69) is 4.98 Å². The summed E-state index contributed by atoms with van der Waals surface area (Å²) in [7, 11) is -4.27. The Morgan fingerprint density at radius 2 is 2.22 bits per heavy atom. The number of aromatic nitrogens is 1. The number of pyridine rings is 1. The SMILES string of the molecule is N#Cc1ncccc1S(=O)(=O)NCC(F)(F)CO. The summed E-state index contributed by atoms with van der Waals surface area (Å²) in [6.45, 7) is -2.74. The van der Waals surface area contributed by atoms with Crippen molar-refractivity contribution in [1.82, 2.24) is 9.71 Å². The van der Waals surface area contributed by atoms with Crippen molar-refractivity contribution in [2.24, 2.45) is 0 Å². The lowest BCUT2D eigenvalue weighted by atomic mass is 10.4. The van der Waals surface area contributed by atoms with Crippen molar-refractivity contribution in [2.75, 3.05) is 13.2 Å². The Morgan fingerprint density at radius 1 is 1.56 bits per heavy atom. The lowest BCUT2D eigenvalue weighted by Gasteiger charge is -2.14. The molecule has 0 atom stereocenters. The molecular weight excluding hydrogens is 268 g/mol. The first kappa shape index (κ1) is 14.4. The number of aliphatic hydroxyl groups excluding tert-OH is 1. The van der Waals surface area contributed by atoms with Gasteiger partial charge in [-0.2, -0.15) is 5.26 Å². The second-order valence-electron chi connectivity index (χ2n) is 3.30. The highest BCUT2D eigenvalue weighted by molar-refractivity contribution is 7.89. The zero-order valence-electron chi connectivity index (χ0n) is 8.97. The monoisotopic (exact) mass is 277 g/mol. The fraction of sp³-hybridized carbons (Fsp3) is 0.333. The fourth-order valence-corrected chi connectivity index (χ4v) is 2.19. The number of rotatable bonds is 5. The van der Waals surface area contributed by atoms with Crippen LogP contribution in [0.1, 0.15) is 5.69 Å². The average Bonchev–Trinajstić information content (AvgIpc) is 2.37. The van der Waals surface area contributed by atoms with E-state index in [-0.39, 0.29) is 0 Å². The smallest absolute Gasteiger partial charge is 0.283 e. The van der Waals surface area contributed by atoms with E-state index in [1.54, 1.807) is 10.8 Å². The first-order chi connectivity index (χ1) is 8.32. The number of nitrogens with one attached hydrogen (secondary N) is 1. The normalized spacial score (nSPS) is 12.1. The lowest BCUT2D eigenvalue weighted by molar-refractivity contribution is -0.0437. The minimum atomic E-state index is -4.27. The summed E-state index contributed by atoms with van der Waals surface area (Å²) in [6, 6.07) is 3.88. The number of hydrogen-bond donors (Lipinski definition) is 2. The molecule has 98 valence electrons. The summed E-state index contributed by atoms with van der Waals surface area (Å²) >= 11 is 0. The van der Waals surface area contributed by atoms with E-state index in [1.165, 1.54) is 12.3 Å². The number of halogens is 2. The second kappa shape index (κ2) is 5.34. The van der Waals surface area contributed by atoms with Crippen LogP contribution in [0.5, 0.6) is 0 Å². The molecule has 0 bridgehead atoms. The van der Waals surface area contributed by atoms with Crippen LogP contribution in [0.4, 0.5) is 8.78 Å². The van der Waals surface area contributed by atoms with E-state index in [4.69, 9.17) is 10.4 Å². The van der Waals surface area contributed by atoms with Gasteiger partial charge >= 0.3 is 0 Å². The molecule has 0 amide bonds. The molecule has 1 heterocycles. The van der Waals surface area contributed by atoms with E-state index < -0.39 is 39.7 Å². The fourth-order valence-electron chi connectivity index (χ4n) is 1.03. The summed E-state index contributed by atoms with van der Waals surface area (Å²) < 4.78 is 50.4. The Kier molecular flexibility index (Phi) is 4.28. The maximum absolute atomic E-state index is 12.7. The van der Waals surface area contributed by atoms with Gasteiger partial charge < -0.3 is 5.11 Å². The van der Waals surface area contributed by atoms with Crippen LogP contribution in [-0.4, -0.2) is 37.6 Å². The third-order valence-corrected chi connectivity index (χ3v) is 3.35. The molecule has 0 spiro atoms. The minimum absolute atomic E-state index is 0.391. The van der Waals surface area contributed by atoms with Gasteiger partial charge in [0, 0.05) is 6.20 Å². The van der Waals surface area contributed by atoms with Gasteiger partial charge in [0.1, 0.15) is 17.6 Å². The van der Waals surface area contributed by atoms with Crippen LogP contribution >= 0.6 is 0 Å². The molecule has 9 heteroatoms. The molecule has 0 radical (unpaired) electrons. The van der Waals surface area contributed by atoms with Crippen molar-refractivity contribution in [3.05, 3.63) is 24.0 Å². The predicted molar refractivity (Wildman–Crippen MR) is 56.2 cm³/mol. The van der Waals surface area contributed by atoms with Crippen molar-refractivity contribution in [1.29, 1.82) is 5.26 Å². The van der Waals surface area contributed by atoms with Gasteiger partial charge in [-0.05, 0) is 12.1 Å².